The molecule has 0 spiro atoms. The molecule has 17 heavy (non-hydrogen) atoms. The SMILES string of the molecule is CCCNC(Cn1cc(C)cnc1=O)C(C)C. The molecule has 4 heteroatoms. The summed E-state index contributed by atoms with van der Waals surface area (Å²) >= 11 is 0. The van der Waals surface area contributed by atoms with Gasteiger partial charge in [-0.05, 0) is 31.4 Å². The van der Waals surface area contributed by atoms with E-state index in [2.05, 4.69) is 31.1 Å². The number of aryl methyl sites for hydroxylation is 1. The van der Waals surface area contributed by atoms with E-state index in [1.165, 1.54) is 0 Å². The lowest BCUT2D eigenvalue weighted by Gasteiger charge is -2.23. The zero-order valence-electron chi connectivity index (χ0n) is 11.2. The van der Waals surface area contributed by atoms with Crippen molar-refractivity contribution in [2.24, 2.45) is 5.92 Å². The van der Waals surface area contributed by atoms with E-state index in [0.29, 0.717) is 18.5 Å². The van der Waals surface area contributed by atoms with Gasteiger partial charge in [-0.25, -0.2) is 9.78 Å². The molecule has 1 aromatic rings. The minimum absolute atomic E-state index is 0.167. The Morgan fingerprint density at radius 3 is 2.76 bits per heavy atom. The first kappa shape index (κ1) is 13.9. The summed E-state index contributed by atoms with van der Waals surface area (Å²) in [6, 6.07) is 0.316. The topological polar surface area (TPSA) is 46.9 Å². The molecule has 0 aliphatic rings. The lowest BCUT2D eigenvalue weighted by Crippen LogP contribution is -2.41. The Bertz CT molecular complexity index is 398. The van der Waals surface area contributed by atoms with Gasteiger partial charge in [0.15, 0.2) is 0 Å². The van der Waals surface area contributed by atoms with Crippen molar-refractivity contribution >= 4 is 0 Å². The van der Waals surface area contributed by atoms with Crippen molar-refractivity contribution < 1.29 is 0 Å². The normalized spacial score (nSPS) is 13.0. The van der Waals surface area contributed by atoms with Crippen LogP contribution in [-0.4, -0.2) is 22.1 Å². The zero-order valence-corrected chi connectivity index (χ0v) is 11.2. The number of rotatable bonds is 6. The number of aromatic nitrogens is 2. The van der Waals surface area contributed by atoms with Crippen LogP contribution in [0.15, 0.2) is 17.2 Å². The molecule has 0 bridgehead atoms. The molecule has 1 unspecified atom stereocenters. The average molecular weight is 237 g/mol. The summed E-state index contributed by atoms with van der Waals surface area (Å²) in [5, 5.41) is 3.48. The number of hydrogen-bond acceptors (Lipinski definition) is 3. The smallest absolute Gasteiger partial charge is 0.312 e. The molecule has 1 aromatic heterocycles. The first-order chi connectivity index (χ1) is 8.04. The van der Waals surface area contributed by atoms with Gasteiger partial charge in [0.05, 0.1) is 0 Å². The Labute approximate surface area is 103 Å². The second kappa shape index (κ2) is 6.55. The van der Waals surface area contributed by atoms with E-state index in [9.17, 15) is 4.79 Å². The summed E-state index contributed by atoms with van der Waals surface area (Å²) in [5.74, 6) is 0.494. The maximum Gasteiger partial charge on any atom is 0.347 e. The number of hydrogen-bond donors (Lipinski definition) is 1. The van der Waals surface area contributed by atoms with Crippen molar-refractivity contribution in [3.8, 4) is 0 Å². The fraction of sp³-hybridized carbons (Fsp3) is 0.692. The maximum absolute atomic E-state index is 11.6. The summed E-state index contributed by atoms with van der Waals surface area (Å²) in [6.07, 6.45) is 4.59. The quantitative estimate of drug-likeness (QED) is 0.817. The van der Waals surface area contributed by atoms with Gasteiger partial charge in [0, 0.05) is 25.0 Å². The average Bonchev–Trinajstić information content (AvgIpc) is 2.28. The third-order valence-corrected chi connectivity index (χ3v) is 2.84. The molecule has 96 valence electrons. The van der Waals surface area contributed by atoms with Crippen LogP contribution >= 0.6 is 0 Å². The van der Waals surface area contributed by atoms with Gasteiger partial charge in [0.1, 0.15) is 0 Å². The summed E-state index contributed by atoms with van der Waals surface area (Å²) in [6.45, 7) is 10.1. The van der Waals surface area contributed by atoms with Crippen LogP contribution in [0.4, 0.5) is 0 Å². The molecule has 0 fully saturated rings. The minimum Gasteiger partial charge on any atom is -0.312 e. The lowest BCUT2D eigenvalue weighted by atomic mass is 10.0. The van der Waals surface area contributed by atoms with Gasteiger partial charge in [0.25, 0.3) is 0 Å². The van der Waals surface area contributed by atoms with Crippen molar-refractivity contribution in [3.05, 3.63) is 28.4 Å². The van der Waals surface area contributed by atoms with Crippen LogP contribution in [0, 0.1) is 12.8 Å². The third kappa shape index (κ3) is 4.30. The minimum atomic E-state index is -0.167. The highest BCUT2D eigenvalue weighted by atomic mass is 16.1. The molecule has 0 aromatic carbocycles. The van der Waals surface area contributed by atoms with Gasteiger partial charge < -0.3 is 5.32 Å². The molecular formula is C13H23N3O. The van der Waals surface area contributed by atoms with Crippen LogP contribution in [0.3, 0.4) is 0 Å². The van der Waals surface area contributed by atoms with Crippen molar-refractivity contribution in [2.45, 2.75) is 46.7 Å². The maximum atomic E-state index is 11.6. The van der Waals surface area contributed by atoms with Gasteiger partial charge in [-0.15, -0.1) is 0 Å². The lowest BCUT2D eigenvalue weighted by molar-refractivity contribution is 0.350. The van der Waals surface area contributed by atoms with Crippen molar-refractivity contribution in [2.75, 3.05) is 6.54 Å². The summed E-state index contributed by atoms with van der Waals surface area (Å²) in [5.41, 5.74) is 0.849. The van der Waals surface area contributed by atoms with Crippen LogP contribution in [0.5, 0.6) is 0 Å². The highest BCUT2D eigenvalue weighted by Gasteiger charge is 2.13. The molecule has 0 aliphatic carbocycles. The van der Waals surface area contributed by atoms with Gasteiger partial charge in [-0.3, -0.25) is 4.57 Å². The molecule has 1 heterocycles. The van der Waals surface area contributed by atoms with Gasteiger partial charge in [0.2, 0.25) is 0 Å². The highest BCUT2D eigenvalue weighted by molar-refractivity contribution is 5.00. The summed E-state index contributed by atoms with van der Waals surface area (Å²) < 4.78 is 1.70. The Morgan fingerprint density at radius 1 is 1.47 bits per heavy atom. The third-order valence-electron chi connectivity index (χ3n) is 2.84. The number of nitrogens with one attached hydrogen (secondary N) is 1. The van der Waals surface area contributed by atoms with E-state index in [-0.39, 0.29) is 5.69 Å². The van der Waals surface area contributed by atoms with E-state index in [1.807, 2.05) is 13.1 Å². The summed E-state index contributed by atoms with van der Waals surface area (Å²) in [4.78, 5) is 15.5. The van der Waals surface area contributed by atoms with Crippen molar-refractivity contribution in [1.82, 2.24) is 14.9 Å². The van der Waals surface area contributed by atoms with Gasteiger partial charge in [-0.2, -0.15) is 0 Å². The fourth-order valence-corrected chi connectivity index (χ4v) is 1.75. The van der Waals surface area contributed by atoms with E-state index in [4.69, 9.17) is 0 Å². The van der Waals surface area contributed by atoms with Crippen LogP contribution in [-0.2, 0) is 6.54 Å². The van der Waals surface area contributed by atoms with Gasteiger partial charge in [-0.1, -0.05) is 20.8 Å². The van der Waals surface area contributed by atoms with E-state index >= 15 is 0 Å². The molecule has 4 nitrogen and oxygen atoms in total. The second-order valence-corrected chi connectivity index (χ2v) is 4.87. The van der Waals surface area contributed by atoms with Crippen molar-refractivity contribution in [1.29, 1.82) is 0 Å². The monoisotopic (exact) mass is 237 g/mol. The second-order valence-electron chi connectivity index (χ2n) is 4.87. The molecular weight excluding hydrogens is 214 g/mol. The Kier molecular flexibility index (Phi) is 5.35. The molecule has 0 amide bonds. The van der Waals surface area contributed by atoms with Crippen molar-refractivity contribution in [3.63, 3.8) is 0 Å². The van der Waals surface area contributed by atoms with Crippen LogP contribution in [0.1, 0.15) is 32.8 Å². The predicted octanol–water partition coefficient (Wildman–Crippen LogP) is 1.58. The van der Waals surface area contributed by atoms with Crippen LogP contribution < -0.4 is 11.0 Å². The zero-order chi connectivity index (χ0) is 12.8. The highest BCUT2D eigenvalue weighted by Crippen LogP contribution is 2.04. The standard InChI is InChI=1S/C13H23N3O/c1-5-6-14-12(10(2)3)9-16-8-11(4)7-15-13(16)17/h7-8,10,12,14H,5-6,9H2,1-4H3. The summed E-state index contributed by atoms with van der Waals surface area (Å²) in [7, 11) is 0. The van der Waals surface area contributed by atoms with E-state index in [0.717, 1.165) is 18.5 Å². The molecule has 1 atom stereocenters. The van der Waals surface area contributed by atoms with Gasteiger partial charge >= 0.3 is 5.69 Å². The van der Waals surface area contributed by atoms with E-state index in [1.54, 1.807) is 10.8 Å². The molecule has 0 radical (unpaired) electrons. The largest absolute Gasteiger partial charge is 0.347 e. The first-order valence-corrected chi connectivity index (χ1v) is 6.31. The Morgan fingerprint density at radius 2 is 2.18 bits per heavy atom. The number of nitrogens with zero attached hydrogens (tertiary/aromatic N) is 2. The van der Waals surface area contributed by atoms with Crippen LogP contribution in [0.25, 0.3) is 0 Å². The fourth-order valence-electron chi connectivity index (χ4n) is 1.75. The Hall–Kier alpha value is -1.16. The predicted molar refractivity (Wildman–Crippen MR) is 70.2 cm³/mol. The first-order valence-electron chi connectivity index (χ1n) is 6.31. The van der Waals surface area contributed by atoms with Crippen LogP contribution in [0.2, 0.25) is 0 Å². The molecule has 0 aliphatic heterocycles. The molecule has 1 rings (SSSR count). The molecule has 0 saturated carbocycles. The molecule has 0 saturated heterocycles. The molecule has 1 N–H and O–H groups in total. The Balaban J connectivity index is 2.78. The van der Waals surface area contributed by atoms with E-state index < -0.39 is 0 Å².